The van der Waals surface area contributed by atoms with Gasteiger partial charge in [0.2, 0.25) is 0 Å². The lowest BCUT2D eigenvalue weighted by Gasteiger charge is -2.23. The molecule has 1 aromatic carbocycles. The molecular formula is C14H20N2O2. The predicted molar refractivity (Wildman–Crippen MR) is 71.5 cm³/mol. The van der Waals surface area contributed by atoms with E-state index in [1.165, 1.54) is 0 Å². The lowest BCUT2D eigenvalue weighted by molar-refractivity contribution is 0.0563. The Labute approximate surface area is 108 Å². The molecule has 98 valence electrons. The van der Waals surface area contributed by atoms with Gasteiger partial charge in [-0.3, -0.25) is 4.79 Å². The zero-order valence-electron chi connectivity index (χ0n) is 11.0. The largest absolute Gasteiger partial charge is 0.398 e. The fourth-order valence-corrected chi connectivity index (χ4v) is 2.20. The fraction of sp³-hybridized carbons (Fsp3) is 0.500. The summed E-state index contributed by atoms with van der Waals surface area (Å²) >= 11 is 0. The summed E-state index contributed by atoms with van der Waals surface area (Å²) in [6, 6.07) is 5.56. The summed E-state index contributed by atoms with van der Waals surface area (Å²) in [6.45, 7) is 6.03. The monoisotopic (exact) mass is 248 g/mol. The van der Waals surface area contributed by atoms with Gasteiger partial charge in [0.25, 0.3) is 5.91 Å². The third-order valence-corrected chi connectivity index (χ3v) is 3.18. The van der Waals surface area contributed by atoms with Gasteiger partial charge in [0.15, 0.2) is 0 Å². The number of rotatable bonds is 1. The van der Waals surface area contributed by atoms with Gasteiger partial charge in [-0.15, -0.1) is 0 Å². The van der Waals surface area contributed by atoms with Gasteiger partial charge in [-0.2, -0.15) is 0 Å². The van der Waals surface area contributed by atoms with Gasteiger partial charge in [-0.1, -0.05) is 11.6 Å². The summed E-state index contributed by atoms with van der Waals surface area (Å²) in [5.41, 5.74) is 8.09. The molecule has 1 unspecified atom stereocenters. The van der Waals surface area contributed by atoms with E-state index >= 15 is 0 Å². The average molecular weight is 248 g/mol. The summed E-state index contributed by atoms with van der Waals surface area (Å²) in [7, 11) is 0. The van der Waals surface area contributed by atoms with Crippen LogP contribution in [0.2, 0.25) is 0 Å². The minimum absolute atomic E-state index is 0.00792. The number of amides is 1. The highest BCUT2D eigenvalue weighted by atomic mass is 16.5. The molecule has 1 heterocycles. The van der Waals surface area contributed by atoms with Gasteiger partial charge in [0.05, 0.1) is 11.7 Å². The SMILES string of the molecule is Cc1ccc(N)c(C(=O)N2CCCOC(C)C2)c1. The lowest BCUT2D eigenvalue weighted by atomic mass is 10.1. The molecule has 0 bridgehead atoms. The molecule has 0 spiro atoms. The number of aryl methyl sites for hydroxylation is 1. The van der Waals surface area contributed by atoms with Crippen LogP contribution in [-0.2, 0) is 4.74 Å². The highest BCUT2D eigenvalue weighted by molar-refractivity contribution is 5.99. The minimum Gasteiger partial charge on any atom is -0.398 e. The van der Waals surface area contributed by atoms with E-state index < -0.39 is 0 Å². The second-order valence-electron chi connectivity index (χ2n) is 4.88. The molecule has 0 radical (unpaired) electrons. The molecule has 1 amide bonds. The maximum absolute atomic E-state index is 12.5. The second kappa shape index (κ2) is 5.40. The van der Waals surface area contributed by atoms with Crippen molar-refractivity contribution in [2.24, 2.45) is 0 Å². The molecule has 1 saturated heterocycles. The van der Waals surface area contributed by atoms with Gasteiger partial charge < -0.3 is 15.4 Å². The molecule has 4 nitrogen and oxygen atoms in total. The van der Waals surface area contributed by atoms with Crippen molar-refractivity contribution in [3.05, 3.63) is 29.3 Å². The lowest BCUT2D eigenvalue weighted by Crippen LogP contribution is -2.36. The number of anilines is 1. The number of carbonyl (C=O) groups is 1. The zero-order valence-corrected chi connectivity index (χ0v) is 11.0. The van der Waals surface area contributed by atoms with Crippen molar-refractivity contribution in [1.82, 2.24) is 4.90 Å². The topological polar surface area (TPSA) is 55.6 Å². The Hall–Kier alpha value is -1.55. The van der Waals surface area contributed by atoms with E-state index in [9.17, 15) is 4.79 Å². The number of carbonyl (C=O) groups excluding carboxylic acids is 1. The maximum atomic E-state index is 12.5. The number of nitrogen functional groups attached to an aromatic ring is 1. The summed E-state index contributed by atoms with van der Waals surface area (Å²) in [4.78, 5) is 14.3. The second-order valence-corrected chi connectivity index (χ2v) is 4.88. The molecule has 0 aromatic heterocycles. The molecule has 0 saturated carbocycles. The molecule has 1 aliphatic heterocycles. The zero-order chi connectivity index (χ0) is 13.1. The van der Waals surface area contributed by atoms with Crippen LogP contribution >= 0.6 is 0 Å². The summed E-state index contributed by atoms with van der Waals surface area (Å²) in [6.07, 6.45) is 0.962. The summed E-state index contributed by atoms with van der Waals surface area (Å²) < 4.78 is 5.55. The van der Waals surface area contributed by atoms with Crippen LogP contribution in [0.4, 0.5) is 5.69 Å². The fourth-order valence-electron chi connectivity index (χ4n) is 2.20. The van der Waals surface area contributed by atoms with Crippen LogP contribution in [0.5, 0.6) is 0 Å². The summed E-state index contributed by atoms with van der Waals surface area (Å²) in [5, 5.41) is 0. The van der Waals surface area contributed by atoms with Crippen LogP contribution in [0, 0.1) is 6.92 Å². The number of nitrogens with zero attached hydrogens (tertiary/aromatic N) is 1. The Bertz CT molecular complexity index is 445. The van der Waals surface area contributed by atoms with E-state index in [2.05, 4.69) is 0 Å². The van der Waals surface area contributed by atoms with E-state index in [0.717, 1.165) is 18.5 Å². The van der Waals surface area contributed by atoms with Gasteiger partial charge in [0, 0.05) is 25.4 Å². The molecule has 1 aromatic rings. The third kappa shape index (κ3) is 2.82. The standard InChI is InChI=1S/C14H20N2O2/c1-10-4-5-13(15)12(8-10)14(17)16-6-3-7-18-11(2)9-16/h4-5,8,11H,3,6-7,9,15H2,1-2H3. The van der Waals surface area contributed by atoms with Crippen molar-refractivity contribution in [3.8, 4) is 0 Å². The molecule has 1 atom stereocenters. The molecule has 18 heavy (non-hydrogen) atoms. The number of hydrogen-bond donors (Lipinski definition) is 1. The van der Waals surface area contributed by atoms with E-state index in [0.29, 0.717) is 24.4 Å². The Morgan fingerprint density at radius 3 is 3.06 bits per heavy atom. The Kier molecular flexibility index (Phi) is 3.87. The molecule has 2 rings (SSSR count). The quantitative estimate of drug-likeness (QED) is 0.771. The first kappa shape index (κ1) is 12.9. The first-order valence-corrected chi connectivity index (χ1v) is 6.35. The van der Waals surface area contributed by atoms with Crippen molar-refractivity contribution in [2.75, 3.05) is 25.4 Å². The maximum Gasteiger partial charge on any atom is 0.256 e. The highest BCUT2D eigenvalue weighted by Gasteiger charge is 2.22. The van der Waals surface area contributed by atoms with Gasteiger partial charge >= 0.3 is 0 Å². The van der Waals surface area contributed by atoms with E-state index in [-0.39, 0.29) is 12.0 Å². The normalized spacial score (nSPS) is 20.6. The molecule has 1 fully saturated rings. The van der Waals surface area contributed by atoms with Crippen LogP contribution in [0.3, 0.4) is 0 Å². The highest BCUT2D eigenvalue weighted by Crippen LogP contribution is 2.18. The van der Waals surface area contributed by atoms with Gasteiger partial charge in [-0.25, -0.2) is 0 Å². The van der Waals surface area contributed by atoms with Crippen molar-refractivity contribution < 1.29 is 9.53 Å². The first-order chi connectivity index (χ1) is 8.58. The average Bonchev–Trinajstić information content (AvgIpc) is 2.56. The van der Waals surface area contributed by atoms with Gasteiger partial charge in [0.1, 0.15) is 0 Å². The van der Waals surface area contributed by atoms with E-state index in [1.54, 1.807) is 6.07 Å². The van der Waals surface area contributed by atoms with Crippen molar-refractivity contribution in [3.63, 3.8) is 0 Å². The number of hydrogen-bond acceptors (Lipinski definition) is 3. The smallest absolute Gasteiger partial charge is 0.256 e. The molecular weight excluding hydrogens is 228 g/mol. The van der Waals surface area contributed by atoms with Crippen LogP contribution in [0.15, 0.2) is 18.2 Å². The summed E-state index contributed by atoms with van der Waals surface area (Å²) in [5.74, 6) is 0.00792. The van der Waals surface area contributed by atoms with E-state index in [4.69, 9.17) is 10.5 Å². The Morgan fingerprint density at radius 2 is 2.28 bits per heavy atom. The van der Waals surface area contributed by atoms with Crippen LogP contribution in [0.1, 0.15) is 29.3 Å². The predicted octanol–water partition coefficient (Wildman–Crippen LogP) is 1.83. The number of nitrogens with two attached hydrogens (primary N) is 1. The number of benzene rings is 1. The third-order valence-electron chi connectivity index (χ3n) is 3.18. The van der Waals surface area contributed by atoms with Crippen LogP contribution in [-0.4, -0.2) is 36.6 Å². The van der Waals surface area contributed by atoms with E-state index in [1.807, 2.05) is 30.9 Å². The van der Waals surface area contributed by atoms with Crippen molar-refractivity contribution >= 4 is 11.6 Å². The molecule has 2 N–H and O–H groups in total. The van der Waals surface area contributed by atoms with Crippen LogP contribution < -0.4 is 5.73 Å². The Balaban J connectivity index is 2.21. The first-order valence-electron chi connectivity index (χ1n) is 6.35. The molecule has 0 aliphatic carbocycles. The number of ether oxygens (including phenoxy) is 1. The molecule has 4 heteroatoms. The minimum atomic E-state index is 0.00792. The van der Waals surface area contributed by atoms with Crippen molar-refractivity contribution in [1.29, 1.82) is 0 Å². The van der Waals surface area contributed by atoms with Crippen LogP contribution in [0.25, 0.3) is 0 Å². The molecule has 1 aliphatic rings. The van der Waals surface area contributed by atoms with Crippen molar-refractivity contribution in [2.45, 2.75) is 26.4 Å². The van der Waals surface area contributed by atoms with Gasteiger partial charge in [-0.05, 0) is 32.4 Å². The Morgan fingerprint density at radius 1 is 1.50 bits per heavy atom.